The Bertz CT molecular complexity index is 714. The van der Waals surface area contributed by atoms with E-state index in [0.717, 1.165) is 12.0 Å². The van der Waals surface area contributed by atoms with Gasteiger partial charge < -0.3 is 13.9 Å². The first-order valence-electron chi connectivity index (χ1n) is 7.90. The molecule has 0 radical (unpaired) electrons. The Morgan fingerprint density at radius 2 is 2.00 bits per heavy atom. The van der Waals surface area contributed by atoms with Crippen molar-refractivity contribution in [1.82, 2.24) is 0 Å². The molecule has 23 heavy (non-hydrogen) atoms. The molecule has 124 valence electrons. The largest absolute Gasteiger partial charge is 0.490 e. The van der Waals surface area contributed by atoms with E-state index in [1.165, 1.54) is 0 Å². The van der Waals surface area contributed by atoms with E-state index in [2.05, 4.69) is 0 Å². The summed E-state index contributed by atoms with van der Waals surface area (Å²) in [4.78, 5) is 24.3. The van der Waals surface area contributed by atoms with Crippen LogP contribution < -0.4 is 10.4 Å². The summed E-state index contributed by atoms with van der Waals surface area (Å²) in [7, 11) is 0. The van der Waals surface area contributed by atoms with Crippen LogP contribution >= 0.6 is 0 Å². The van der Waals surface area contributed by atoms with Crippen LogP contribution in [0.2, 0.25) is 0 Å². The molecule has 0 aromatic rings. The highest BCUT2D eigenvalue weighted by atomic mass is 16.5. The number of furan rings is 1. The molecule has 0 spiro atoms. The second-order valence-corrected chi connectivity index (χ2v) is 5.57. The van der Waals surface area contributed by atoms with Crippen molar-refractivity contribution < 1.29 is 18.7 Å². The van der Waals surface area contributed by atoms with Crippen LogP contribution in [-0.2, 0) is 4.74 Å². The number of fused-ring (bicyclic) bond motifs is 1. The Balaban J connectivity index is 2.67. The lowest BCUT2D eigenvalue weighted by molar-refractivity contribution is 0.0524. The van der Waals surface area contributed by atoms with Crippen molar-refractivity contribution in [3.63, 3.8) is 0 Å². The van der Waals surface area contributed by atoms with E-state index in [0.29, 0.717) is 23.7 Å². The van der Waals surface area contributed by atoms with E-state index in [9.17, 15) is 9.59 Å². The molecule has 0 bridgehead atoms. The Labute approximate surface area is 135 Å². The maximum Gasteiger partial charge on any atom is 0.351 e. The standard InChI is InChI=1S/C18H22O5/c1-5-9-22-14-8-7-12(11(3)4)10-13-15(17(19)21-6-2)18(20)23-16(13)14/h7-8,10-11H,5-6,9H2,1-4H3. The second kappa shape index (κ2) is 7.31. The van der Waals surface area contributed by atoms with Gasteiger partial charge in [0.15, 0.2) is 17.1 Å². The van der Waals surface area contributed by atoms with Gasteiger partial charge in [0, 0.05) is 5.56 Å². The van der Waals surface area contributed by atoms with E-state index < -0.39 is 11.6 Å². The lowest BCUT2D eigenvalue weighted by Gasteiger charge is -2.05. The lowest BCUT2D eigenvalue weighted by Crippen LogP contribution is -2.13. The Kier molecular flexibility index (Phi) is 5.42. The average molecular weight is 318 g/mol. The van der Waals surface area contributed by atoms with Crippen LogP contribution in [0.3, 0.4) is 0 Å². The van der Waals surface area contributed by atoms with Crippen molar-refractivity contribution in [2.75, 3.05) is 13.2 Å². The van der Waals surface area contributed by atoms with Crippen LogP contribution in [0.25, 0.3) is 11.3 Å². The molecular formula is C18H22O5. The molecule has 1 aliphatic heterocycles. The number of hydrogen-bond donors (Lipinski definition) is 0. The Morgan fingerprint density at radius 1 is 1.26 bits per heavy atom. The van der Waals surface area contributed by atoms with E-state index in [1.807, 2.05) is 26.8 Å². The molecule has 0 amide bonds. The molecular weight excluding hydrogens is 296 g/mol. The highest BCUT2D eigenvalue weighted by molar-refractivity contribution is 5.97. The fourth-order valence-corrected chi connectivity index (χ4v) is 2.29. The SMILES string of the molecule is CCCOc1ccc(C(C)C)cc2c(C(=O)OCC)c(=O)oc1-2. The topological polar surface area (TPSA) is 65.7 Å². The van der Waals surface area contributed by atoms with E-state index in [-0.39, 0.29) is 18.1 Å². The zero-order valence-corrected chi connectivity index (χ0v) is 14.0. The van der Waals surface area contributed by atoms with Crippen molar-refractivity contribution >= 4 is 5.97 Å². The van der Waals surface area contributed by atoms with Crippen LogP contribution in [-0.4, -0.2) is 19.2 Å². The number of carbonyl (C=O) groups excluding carboxylic acids is 1. The Hall–Kier alpha value is -2.30. The van der Waals surface area contributed by atoms with Crippen LogP contribution in [0, 0.1) is 0 Å². The molecule has 0 unspecified atom stereocenters. The quantitative estimate of drug-likeness (QED) is 0.757. The number of rotatable bonds is 6. The normalized spacial score (nSPS) is 11.0. The molecule has 0 aromatic heterocycles. The van der Waals surface area contributed by atoms with Crippen molar-refractivity contribution in [3.05, 3.63) is 39.7 Å². The van der Waals surface area contributed by atoms with Gasteiger partial charge in [-0.15, -0.1) is 0 Å². The van der Waals surface area contributed by atoms with Crippen LogP contribution in [0.1, 0.15) is 56.0 Å². The van der Waals surface area contributed by atoms with Gasteiger partial charge in [-0.05, 0) is 37.0 Å². The van der Waals surface area contributed by atoms with E-state index in [4.69, 9.17) is 13.9 Å². The van der Waals surface area contributed by atoms with Crippen molar-refractivity contribution in [2.24, 2.45) is 0 Å². The molecule has 0 fully saturated rings. The minimum atomic E-state index is -0.694. The number of hydrogen-bond acceptors (Lipinski definition) is 5. The summed E-state index contributed by atoms with van der Waals surface area (Å²) in [6.45, 7) is 8.46. The number of ether oxygens (including phenoxy) is 2. The van der Waals surface area contributed by atoms with E-state index >= 15 is 0 Å². The van der Waals surface area contributed by atoms with Crippen molar-refractivity contribution in [3.8, 4) is 17.1 Å². The molecule has 1 heterocycles. The monoisotopic (exact) mass is 318 g/mol. The molecule has 0 saturated carbocycles. The van der Waals surface area contributed by atoms with Gasteiger partial charge >= 0.3 is 11.6 Å². The third kappa shape index (κ3) is 3.55. The lowest BCUT2D eigenvalue weighted by atomic mass is 10.0. The third-order valence-corrected chi connectivity index (χ3v) is 3.48. The fraction of sp³-hybridized carbons (Fsp3) is 0.444. The first kappa shape index (κ1) is 17.1. The van der Waals surface area contributed by atoms with Crippen LogP contribution in [0.4, 0.5) is 0 Å². The van der Waals surface area contributed by atoms with E-state index in [1.54, 1.807) is 19.1 Å². The Morgan fingerprint density at radius 3 is 2.61 bits per heavy atom. The number of carbonyl (C=O) groups is 1. The summed E-state index contributed by atoms with van der Waals surface area (Å²) < 4.78 is 16.0. The molecule has 5 nitrogen and oxygen atoms in total. The molecule has 0 atom stereocenters. The molecule has 0 N–H and O–H groups in total. The second-order valence-electron chi connectivity index (χ2n) is 5.57. The first-order chi connectivity index (χ1) is 11.0. The van der Waals surface area contributed by atoms with Gasteiger partial charge in [-0.3, -0.25) is 0 Å². The smallest absolute Gasteiger partial charge is 0.351 e. The predicted octanol–water partition coefficient (Wildman–Crippen LogP) is 3.83. The fourth-order valence-electron chi connectivity index (χ4n) is 2.29. The van der Waals surface area contributed by atoms with Gasteiger partial charge in [0.05, 0.1) is 13.2 Å². The molecule has 5 heteroatoms. The van der Waals surface area contributed by atoms with Gasteiger partial charge in [0.2, 0.25) is 0 Å². The predicted molar refractivity (Wildman–Crippen MR) is 87.4 cm³/mol. The summed E-state index contributed by atoms with van der Waals surface area (Å²) in [5.74, 6) is 0.308. The van der Waals surface area contributed by atoms with Gasteiger partial charge in [-0.2, -0.15) is 0 Å². The highest BCUT2D eigenvalue weighted by Gasteiger charge is 2.27. The summed E-state index contributed by atoms with van der Waals surface area (Å²) in [6, 6.07) is 5.51. The summed E-state index contributed by atoms with van der Waals surface area (Å²) in [5.41, 5.74) is 0.656. The third-order valence-electron chi connectivity index (χ3n) is 3.48. The average Bonchev–Trinajstić information content (AvgIpc) is 2.71. The highest BCUT2D eigenvalue weighted by Crippen LogP contribution is 2.35. The molecule has 2 rings (SSSR count). The van der Waals surface area contributed by atoms with Crippen molar-refractivity contribution in [2.45, 2.75) is 40.0 Å². The molecule has 1 aliphatic carbocycles. The zero-order chi connectivity index (χ0) is 17.0. The van der Waals surface area contributed by atoms with Gasteiger partial charge in [0.25, 0.3) is 0 Å². The maximum absolute atomic E-state index is 12.1. The summed E-state index contributed by atoms with van der Waals surface area (Å²) in [5, 5.41) is 0. The van der Waals surface area contributed by atoms with Gasteiger partial charge in [0.1, 0.15) is 0 Å². The van der Waals surface area contributed by atoms with Gasteiger partial charge in [-0.25, -0.2) is 9.59 Å². The number of esters is 1. The van der Waals surface area contributed by atoms with Crippen molar-refractivity contribution in [1.29, 1.82) is 0 Å². The molecule has 0 saturated heterocycles. The minimum Gasteiger partial charge on any atom is -0.490 e. The summed E-state index contributed by atoms with van der Waals surface area (Å²) in [6.07, 6.45) is 0.826. The van der Waals surface area contributed by atoms with Crippen LogP contribution in [0.5, 0.6) is 5.75 Å². The molecule has 0 aromatic carbocycles. The zero-order valence-electron chi connectivity index (χ0n) is 14.0. The summed E-state index contributed by atoms with van der Waals surface area (Å²) >= 11 is 0. The molecule has 2 aliphatic rings. The van der Waals surface area contributed by atoms with Gasteiger partial charge in [-0.1, -0.05) is 26.8 Å². The minimum absolute atomic E-state index is 0.0682. The van der Waals surface area contributed by atoms with Crippen LogP contribution in [0.15, 0.2) is 27.4 Å². The maximum atomic E-state index is 12.1. The first-order valence-corrected chi connectivity index (χ1v) is 7.90.